The predicted molar refractivity (Wildman–Crippen MR) is 49.8 cm³/mol. The Morgan fingerprint density at radius 1 is 1.43 bits per heavy atom. The van der Waals surface area contributed by atoms with Gasteiger partial charge >= 0.3 is 0 Å². The molecule has 0 spiro atoms. The number of aldehydes is 1. The summed E-state index contributed by atoms with van der Waals surface area (Å²) in [7, 11) is 0. The summed E-state index contributed by atoms with van der Waals surface area (Å²) in [4.78, 5) is 10.7. The van der Waals surface area contributed by atoms with Gasteiger partial charge in [0.1, 0.15) is 12.1 Å². The number of hydrogen-bond acceptors (Lipinski definition) is 3. The Bertz CT molecular complexity index is 343. The van der Waals surface area contributed by atoms with E-state index in [1.54, 1.807) is 18.2 Å². The van der Waals surface area contributed by atoms with Crippen LogP contribution in [0.5, 0.6) is 0 Å². The van der Waals surface area contributed by atoms with Gasteiger partial charge in [-0.25, -0.2) is 9.82 Å². The van der Waals surface area contributed by atoms with E-state index in [-0.39, 0.29) is 17.8 Å². The van der Waals surface area contributed by atoms with Crippen molar-refractivity contribution in [1.82, 2.24) is 10.9 Å². The van der Waals surface area contributed by atoms with Gasteiger partial charge in [-0.3, -0.25) is 5.43 Å². The lowest BCUT2D eigenvalue weighted by molar-refractivity contribution is -0.111. The third-order valence-electron chi connectivity index (χ3n) is 2.44. The topological polar surface area (TPSA) is 41.1 Å². The molecular formula is C10H11FN2O. The first-order valence-electron chi connectivity index (χ1n) is 4.51. The van der Waals surface area contributed by atoms with Gasteiger partial charge in [-0.15, -0.1) is 0 Å². The number of carbonyl (C=O) groups excluding carboxylic acids is 1. The van der Waals surface area contributed by atoms with Crippen molar-refractivity contribution in [1.29, 1.82) is 0 Å². The van der Waals surface area contributed by atoms with Gasteiger partial charge in [-0.1, -0.05) is 18.2 Å². The maximum atomic E-state index is 13.4. The first kappa shape index (κ1) is 9.30. The van der Waals surface area contributed by atoms with Crippen molar-refractivity contribution in [2.75, 3.05) is 6.54 Å². The van der Waals surface area contributed by atoms with Gasteiger partial charge in [0.15, 0.2) is 0 Å². The largest absolute Gasteiger partial charge is 0.303 e. The Hall–Kier alpha value is -1.26. The maximum Gasteiger partial charge on any atom is 0.128 e. The highest BCUT2D eigenvalue weighted by Crippen LogP contribution is 2.25. The fourth-order valence-electron chi connectivity index (χ4n) is 1.67. The molecule has 0 bridgehead atoms. The molecule has 1 aromatic rings. The number of rotatable bonds is 2. The number of benzene rings is 1. The molecule has 0 radical (unpaired) electrons. The van der Waals surface area contributed by atoms with Crippen molar-refractivity contribution >= 4 is 6.29 Å². The van der Waals surface area contributed by atoms with Gasteiger partial charge in [0, 0.05) is 18.0 Å². The molecule has 0 aliphatic carbocycles. The molecule has 1 heterocycles. The number of hydrogen-bond donors (Lipinski definition) is 2. The molecule has 1 fully saturated rings. The van der Waals surface area contributed by atoms with E-state index in [4.69, 9.17) is 0 Å². The van der Waals surface area contributed by atoms with E-state index in [0.717, 1.165) is 6.29 Å². The fraction of sp³-hybridized carbons (Fsp3) is 0.300. The summed E-state index contributed by atoms with van der Waals surface area (Å²) in [5.41, 5.74) is 6.28. The molecule has 0 saturated carbocycles. The molecule has 14 heavy (non-hydrogen) atoms. The minimum absolute atomic E-state index is 0.202. The molecule has 2 N–H and O–H groups in total. The standard InChI is InChI=1S/C10H11FN2O/c11-9-4-2-1-3-8(9)10-7(6-14)5-12-13-10/h1-4,6-7,10,12-13H,5H2. The van der Waals surface area contributed by atoms with Crippen LogP contribution >= 0.6 is 0 Å². The van der Waals surface area contributed by atoms with E-state index in [9.17, 15) is 9.18 Å². The van der Waals surface area contributed by atoms with Crippen LogP contribution < -0.4 is 10.9 Å². The van der Waals surface area contributed by atoms with Crippen molar-refractivity contribution < 1.29 is 9.18 Å². The summed E-state index contributed by atoms with van der Waals surface area (Å²) in [6.07, 6.45) is 0.851. The zero-order valence-corrected chi connectivity index (χ0v) is 7.53. The predicted octanol–water partition coefficient (Wildman–Crippen LogP) is 0.790. The molecule has 2 atom stereocenters. The number of halogens is 1. The average Bonchev–Trinajstić information content (AvgIpc) is 2.66. The Balaban J connectivity index is 2.30. The number of nitrogens with one attached hydrogen (secondary N) is 2. The molecule has 0 aromatic heterocycles. The molecule has 1 aliphatic rings. The highest BCUT2D eigenvalue weighted by Gasteiger charge is 2.29. The van der Waals surface area contributed by atoms with Gasteiger partial charge in [0.2, 0.25) is 0 Å². The summed E-state index contributed by atoms with van der Waals surface area (Å²) in [5, 5.41) is 0. The summed E-state index contributed by atoms with van der Waals surface area (Å²) in [6.45, 7) is 0.544. The molecule has 2 unspecified atom stereocenters. The molecule has 4 heteroatoms. The normalized spacial score (nSPS) is 26.4. The third-order valence-corrected chi connectivity index (χ3v) is 2.44. The second-order valence-corrected chi connectivity index (χ2v) is 3.32. The van der Waals surface area contributed by atoms with E-state index in [2.05, 4.69) is 10.9 Å². The smallest absolute Gasteiger partial charge is 0.128 e. The van der Waals surface area contributed by atoms with Crippen LogP contribution in [0.2, 0.25) is 0 Å². The second-order valence-electron chi connectivity index (χ2n) is 3.32. The first-order chi connectivity index (χ1) is 6.83. The summed E-state index contributed by atoms with van der Waals surface area (Å²) in [5.74, 6) is -0.479. The molecule has 74 valence electrons. The quantitative estimate of drug-likeness (QED) is 0.684. The monoisotopic (exact) mass is 194 g/mol. The SMILES string of the molecule is O=CC1CNNC1c1ccccc1F. The fourth-order valence-corrected chi connectivity index (χ4v) is 1.67. The minimum atomic E-state index is -0.277. The third kappa shape index (κ3) is 1.54. The van der Waals surface area contributed by atoms with Crippen LogP contribution in [-0.4, -0.2) is 12.8 Å². The van der Waals surface area contributed by atoms with Gasteiger partial charge in [-0.2, -0.15) is 0 Å². The molecule has 0 amide bonds. The van der Waals surface area contributed by atoms with Crippen molar-refractivity contribution in [2.24, 2.45) is 5.92 Å². The zero-order valence-electron chi connectivity index (χ0n) is 7.53. The van der Waals surface area contributed by atoms with Gasteiger partial charge < -0.3 is 4.79 Å². The number of hydrazine groups is 1. The lowest BCUT2D eigenvalue weighted by Crippen LogP contribution is -2.25. The molecule has 3 nitrogen and oxygen atoms in total. The zero-order chi connectivity index (χ0) is 9.97. The number of carbonyl (C=O) groups is 1. The van der Waals surface area contributed by atoms with E-state index in [1.807, 2.05) is 0 Å². The highest BCUT2D eigenvalue weighted by atomic mass is 19.1. The van der Waals surface area contributed by atoms with Crippen LogP contribution in [0.1, 0.15) is 11.6 Å². The van der Waals surface area contributed by atoms with Crippen LogP contribution in [0.4, 0.5) is 4.39 Å². The van der Waals surface area contributed by atoms with Crippen molar-refractivity contribution in [2.45, 2.75) is 6.04 Å². The van der Waals surface area contributed by atoms with Crippen molar-refractivity contribution in [3.8, 4) is 0 Å². The first-order valence-corrected chi connectivity index (χ1v) is 4.51. The summed E-state index contributed by atoms with van der Waals surface area (Å²) < 4.78 is 13.4. The van der Waals surface area contributed by atoms with Crippen LogP contribution in [0.15, 0.2) is 24.3 Å². The average molecular weight is 194 g/mol. The Kier molecular flexibility index (Phi) is 2.56. The van der Waals surface area contributed by atoms with Crippen LogP contribution in [0.3, 0.4) is 0 Å². The molecule has 1 aliphatic heterocycles. The van der Waals surface area contributed by atoms with Crippen molar-refractivity contribution in [3.05, 3.63) is 35.6 Å². The molecule has 2 rings (SSSR count). The molecular weight excluding hydrogens is 183 g/mol. The van der Waals surface area contributed by atoms with Gasteiger partial charge in [0.25, 0.3) is 0 Å². The lowest BCUT2D eigenvalue weighted by atomic mass is 9.96. The van der Waals surface area contributed by atoms with E-state index in [1.165, 1.54) is 6.07 Å². The summed E-state index contributed by atoms with van der Waals surface area (Å²) >= 11 is 0. The summed E-state index contributed by atoms with van der Waals surface area (Å²) in [6, 6.07) is 6.24. The van der Waals surface area contributed by atoms with E-state index < -0.39 is 0 Å². The van der Waals surface area contributed by atoms with Gasteiger partial charge in [-0.05, 0) is 6.07 Å². The Morgan fingerprint density at radius 2 is 2.21 bits per heavy atom. The van der Waals surface area contributed by atoms with Crippen LogP contribution in [0.25, 0.3) is 0 Å². The van der Waals surface area contributed by atoms with E-state index >= 15 is 0 Å². The lowest BCUT2D eigenvalue weighted by Gasteiger charge is -2.14. The molecule has 1 saturated heterocycles. The van der Waals surface area contributed by atoms with Crippen LogP contribution in [-0.2, 0) is 4.79 Å². The van der Waals surface area contributed by atoms with E-state index in [0.29, 0.717) is 12.1 Å². The minimum Gasteiger partial charge on any atom is -0.303 e. The van der Waals surface area contributed by atoms with Gasteiger partial charge in [0.05, 0.1) is 6.04 Å². The van der Waals surface area contributed by atoms with Crippen LogP contribution in [0, 0.1) is 11.7 Å². The highest BCUT2D eigenvalue weighted by molar-refractivity contribution is 5.57. The Morgan fingerprint density at radius 3 is 2.93 bits per heavy atom. The molecule has 1 aromatic carbocycles. The maximum absolute atomic E-state index is 13.4. The second kappa shape index (κ2) is 3.86. The Labute approximate surface area is 81.3 Å². The van der Waals surface area contributed by atoms with Crippen molar-refractivity contribution in [3.63, 3.8) is 0 Å².